The number of aromatic nitrogens is 2. The van der Waals surface area contributed by atoms with Gasteiger partial charge in [0, 0.05) is 37.5 Å². The molecule has 0 saturated heterocycles. The van der Waals surface area contributed by atoms with Gasteiger partial charge in [0.15, 0.2) is 5.96 Å². The van der Waals surface area contributed by atoms with Crippen molar-refractivity contribution >= 4 is 5.96 Å². The molecular formula is C19H27N5O. The van der Waals surface area contributed by atoms with Crippen molar-refractivity contribution in [1.29, 1.82) is 0 Å². The number of hydrogen-bond acceptors (Lipinski definition) is 3. The fourth-order valence-corrected chi connectivity index (χ4v) is 3.11. The Hall–Kier alpha value is -2.50. The van der Waals surface area contributed by atoms with Crippen LogP contribution in [-0.4, -0.2) is 34.2 Å². The van der Waals surface area contributed by atoms with Gasteiger partial charge in [0.1, 0.15) is 11.4 Å². The monoisotopic (exact) mass is 341 g/mol. The molecule has 25 heavy (non-hydrogen) atoms. The Balaban J connectivity index is 1.72. The smallest absolute Gasteiger partial charge is 0.191 e. The molecule has 1 aliphatic heterocycles. The first-order chi connectivity index (χ1) is 12.1. The van der Waals surface area contributed by atoms with Crippen LogP contribution in [0.15, 0.2) is 48.0 Å². The van der Waals surface area contributed by atoms with Crippen LogP contribution in [0.3, 0.4) is 0 Å². The van der Waals surface area contributed by atoms with Crippen LogP contribution in [0.1, 0.15) is 38.8 Å². The van der Waals surface area contributed by atoms with Crippen LogP contribution < -0.4 is 15.4 Å². The number of nitrogens with one attached hydrogen (secondary N) is 2. The van der Waals surface area contributed by atoms with Gasteiger partial charge in [-0.25, -0.2) is 4.98 Å². The summed E-state index contributed by atoms with van der Waals surface area (Å²) < 4.78 is 8.14. The zero-order valence-electron chi connectivity index (χ0n) is 15.2. The number of imidazole rings is 1. The maximum Gasteiger partial charge on any atom is 0.191 e. The Morgan fingerprint density at radius 1 is 1.40 bits per heavy atom. The first-order valence-electron chi connectivity index (χ1n) is 8.86. The number of guanidine groups is 1. The number of aliphatic imine (C=N–C) groups is 1. The van der Waals surface area contributed by atoms with E-state index in [1.165, 1.54) is 5.56 Å². The van der Waals surface area contributed by atoms with Crippen molar-refractivity contribution < 1.29 is 4.74 Å². The first kappa shape index (κ1) is 17.3. The fourth-order valence-electron chi connectivity index (χ4n) is 3.11. The van der Waals surface area contributed by atoms with E-state index in [4.69, 9.17) is 9.73 Å². The third kappa shape index (κ3) is 4.53. The minimum atomic E-state index is -0.208. The van der Waals surface area contributed by atoms with E-state index in [9.17, 15) is 0 Å². The second kappa shape index (κ2) is 7.59. The summed E-state index contributed by atoms with van der Waals surface area (Å²) in [7, 11) is 0. The second-order valence-corrected chi connectivity index (χ2v) is 6.86. The number of benzene rings is 1. The molecule has 0 spiro atoms. The Kier molecular flexibility index (Phi) is 5.26. The number of para-hydroxylation sites is 1. The molecule has 0 amide bonds. The number of fused-ring (bicyclic) bond motifs is 1. The molecule has 2 heterocycles. The standard InChI is InChI=1S/C19H27N5O/c1-4-21-18(22-10-12-24-11-9-20-14-24)23-16-13-19(2,3)25-17-8-6-5-7-15(16)17/h5-9,11,14,16H,4,10,12-13H2,1-3H3,(H2,21,22,23). The average molecular weight is 341 g/mol. The Labute approximate surface area is 149 Å². The summed E-state index contributed by atoms with van der Waals surface area (Å²) >= 11 is 0. The molecule has 1 atom stereocenters. The molecule has 1 aromatic heterocycles. The lowest BCUT2D eigenvalue weighted by molar-refractivity contribution is 0.0694. The molecule has 134 valence electrons. The highest BCUT2D eigenvalue weighted by atomic mass is 16.5. The van der Waals surface area contributed by atoms with E-state index in [1.54, 1.807) is 6.20 Å². The maximum absolute atomic E-state index is 6.11. The number of nitrogens with zero attached hydrogens (tertiary/aromatic N) is 3. The predicted octanol–water partition coefficient (Wildman–Crippen LogP) is 2.74. The summed E-state index contributed by atoms with van der Waals surface area (Å²) in [6, 6.07) is 8.40. The van der Waals surface area contributed by atoms with Crippen LogP contribution >= 0.6 is 0 Å². The van der Waals surface area contributed by atoms with Gasteiger partial charge in [-0.15, -0.1) is 0 Å². The van der Waals surface area contributed by atoms with Gasteiger partial charge < -0.3 is 19.9 Å². The molecule has 0 saturated carbocycles. The third-order valence-corrected chi connectivity index (χ3v) is 4.22. The van der Waals surface area contributed by atoms with Crippen LogP contribution in [0.5, 0.6) is 5.75 Å². The number of rotatable bonds is 5. The summed E-state index contributed by atoms with van der Waals surface area (Å²) in [6.45, 7) is 8.66. The van der Waals surface area contributed by atoms with Gasteiger partial charge in [-0.2, -0.15) is 0 Å². The molecule has 0 fully saturated rings. The Morgan fingerprint density at radius 2 is 2.24 bits per heavy atom. The molecule has 6 heteroatoms. The van der Waals surface area contributed by atoms with Gasteiger partial charge in [0.25, 0.3) is 0 Å². The quantitative estimate of drug-likeness (QED) is 0.648. The van der Waals surface area contributed by atoms with Gasteiger partial charge in [-0.05, 0) is 26.8 Å². The summed E-state index contributed by atoms with van der Waals surface area (Å²) in [5.41, 5.74) is 0.974. The van der Waals surface area contributed by atoms with E-state index in [1.807, 2.05) is 29.2 Å². The highest BCUT2D eigenvalue weighted by molar-refractivity contribution is 5.80. The molecule has 0 aliphatic carbocycles. The van der Waals surface area contributed by atoms with Crippen LogP contribution in [-0.2, 0) is 6.54 Å². The molecule has 0 radical (unpaired) electrons. The SMILES string of the molecule is CCNC(=NCCn1ccnc1)NC1CC(C)(C)Oc2ccccc21. The molecule has 3 rings (SSSR count). The molecule has 2 N–H and O–H groups in total. The lowest BCUT2D eigenvalue weighted by atomic mass is 9.90. The lowest BCUT2D eigenvalue weighted by Crippen LogP contribution is -2.45. The number of hydrogen-bond donors (Lipinski definition) is 2. The third-order valence-electron chi connectivity index (χ3n) is 4.22. The highest BCUT2D eigenvalue weighted by Crippen LogP contribution is 2.39. The van der Waals surface area contributed by atoms with E-state index in [2.05, 4.69) is 48.5 Å². The van der Waals surface area contributed by atoms with E-state index >= 15 is 0 Å². The molecule has 1 aliphatic rings. The summed E-state index contributed by atoms with van der Waals surface area (Å²) in [5, 5.41) is 6.92. The van der Waals surface area contributed by atoms with Crippen molar-refractivity contribution in [3.8, 4) is 5.75 Å². The van der Waals surface area contributed by atoms with Crippen molar-refractivity contribution in [2.24, 2.45) is 4.99 Å². The van der Waals surface area contributed by atoms with E-state index in [0.717, 1.165) is 31.2 Å². The van der Waals surface area contributed by atoms with Crippen LogP contribution in [0.25, 0.3) is 0 Å². The second-order valence-electron chi connectivity index (χ2n) is 6.86. The average Bonchev–Trinajstić information content (AvgIpc) is 3.07. The van der Waals surface area contributed by atoms with Gasteiger partial charge >= 0.3 is 0 Å². The van der Waals surface area contributed by atoms with E-state index < -0.39 is 0 Å². The zero-order chi connectivity index (χ0) is 17.7. The molecule has 1 aromatic carbocycles. The normalized spacial score (nSPS) is 19.0. The zero-order valence-corrected chi connectivity index (χ0v) is 15.2. The van der Waals surface area contributed by atoms with Crippen LogP contribution in [0.2, 0.25) is 0 Å². The van der Waals surface area contributed by atoms with Crippen LogP contribution in [0, 0.1) is 0 Å². The predicted molar refractivity (Wildman–Crippen MR) is 99.8 cm³/mol. The molecule has 6 nitrogen and oxygen atoms in total. The van der Waals surface area contributed by atoms with Crippen molar-refractivity contribution in [2.75, 3.05) is 13.1 Å². The van der Waals surface area contributed by atoms with Crippen molar-refractivity contribution in [1.82, 2.24) is 20.2 Å². The Morgan fingerprint density at radius 3 is 3.00 bits per heavy atom. The van der Waals surface area contributed by atoms with Gasteiger partial charge in [0.2, 0.25) is 0 Å². The maximum atomic E-state index is 6.11. The van der Waals surface area contributed by atoms with Gasteiger partial charge in [0.05, 0.1) is 18.9 Å². The summed E-state index contributed by atoms with van der Waals surface area (Å²) in [4.78, 5) is 8.77. The van der Waals surface area contributed by atoms with Crippen molar-refractivity contribution in [2.45, 2.75) is 45.4 Å². The molecule has 1 unspecified atom stereocenters. The van der Waals surface area contributed by atoms with E-state index in [-0.39, 0.29) is 11.6 Å². The molecular weight excluding hydrogens is 314 g/mol. The Bertz CT molecular complexity index is 708. The topological polar surface area (TPSA) is 63.5 Å². The minimum absolute atomic E-state index is 0.172. The highest BCUT2D eigenvalue weighted by Gasteiger charge is 2.33. The van der Waals surface area contributed by atoms with Crippen LogP contribution in [0.4, 0.5) is 0 Å². The fraction of sp³-hybridized carbons (Fsp3) is 0.474. The lowest BCUT2D eigenvalue weighted by Gasteiger charge is -2.38. The molecule has 2 aromatic rings. The molecule has 0 bridgehead atoms. The largest absolute Gasteiger partial charge is 0.487 e. The first-order valence-corrected chi connectivity index (χ1v) is 8.86. The van der Waals surface area contributed by atoms with E-state index in [0.29, 0.717) is 6.54 Å². The summed E-state index contributed by atoms with van der Waals surface area (Å²) in [5.74, 6) is 1.78. The van der Waals surface area contributed by atoms with Crippen molar-refractivity contribution in [3.05, 3.63) is 48.5 Å². The van der Waals surface area contributed by atoms with Gasteiger partial charge in [-0.1, -0.05) is 18.2 Å². The number of ether oxygens (including phenoxy) is 1. The van der Waals surface area contributed by atoms with Gasteiger partial charge in [-0.3, -0.25) is 4.99 Å². The minimum Gasteiger partial charge on any atom is -0.487 e. The summed E-state index contributed by atoms with van der Waals surface area (Å²) in [6.07, 6.45) is 6.43. The van der Waals surface area contributed by atoms with Crippen molar-refractivity contribution in [3.63, 3.8) is 0 Å².